The SMILES string of the molecule is COc1ccc(CNC(=O)c2ccc(F)cc2)cc1C. The average molecular weight is 273 g/mol. The average Bonchev–Trinajstić information content (AvgIpc) is 2.45. The molecule has 0 atom stereocenters. The Bertz CT molecular complexity index is 608. The van der Waals surface area contributed by atoms with Crippen molar-refractivity contribution in [2.24, 2.45) is 0 Å². The third-order valence-corrected chi connectivity index (χ3v) is 3.02. The molecular formula is C16H16FNO2. The quantitative estimate of drug-likeness (QED) is 0.929. The van der Waals surface area contributed by atoms with Gasteiger partial charge in [-0.3, -0.25) is 4.79 Å². The molecule has 0 saturated carbocycles. The molecule has 0 bridgehead atoms. The lowest BCUT2D eigenvalue weighted by molar-refractivity contribution is 0.0951. The Morgan fingerprint density at radius 3 is 2.50 bits per heavy atom. The van der Waals surface area contributed by atoms with E-state index in [0.29, 0.717) is 12.1 Å². The van der Waals surface area contributed by atoms with Crippen LogP contribution in [0.1, 0.15) is 21.5 Å². The van der Waals surface area contributed by atoms with Gasteiger partial charge in [0, 0.05) is 12.1 Å². The number of hydrogen-bond donors (Lipinski definition) is 1. The Morgan fingerprint density at radius 2 is 1.90 bits per heavy atom. The van der Waals surface area contributed by atoms with Crippen molar-refractivity contribution in [3.05, 3.63) is 65.0 Å². The van der Waals surface area contributed by atoms with E-state index >= 15 is 0 Å². The van der Waals surface area contributed by atoms with Crippen LogP contribution in [0.4, 0.5) is 4.39 Å². The van der Waals surface area contributed by atoms with Crippen LogP contribution in [0.2, 0.25) is 0 Å². The highest BCUT2D eigenvalue weighted by Crippen LogP contribution is 2.18. The number of ether oxygens (including phenoxy) is 1. The van der Waals surface area contributed by atoms with E-state index in [-0.39, 0.29) is 11.7 Å². The van der Waals surface area contributed by atoms with Gasteiger partial charge < -0.3 is 10.1 Å². The summed E-state index contributed by atoms with van der Waals surface area (Å²) in [4.78, 5) is 11.9. The van der Waals surface area contributed by atoms with Gasteiger partial charge in [-0.15, -0.1) is 0 Å². The second kappa shape index (κ2) is 6.19. The summed E-state index contributed by atoms with van der Waals surface area (Å²) in [6, 6.07) is 11.2. The predicted octanol–water partition coefficient (Wildman–Crippen LogP) is 3.07. The van der Waals surface area contributed by atoms with Gasteiger partial charge in [-0.1, -0.05) is 12.1 Å². The van der Waals surface area contributed by atoms with Gasteiger partial charge in [0.05, 0.1) is 7.11 Å². The highest BCUT2D eigenvalue weighted by Gasteiger charge is 2.06. The summed E-state index contributed by atoms with van der Waals surface area (Å²) in [5.41, 5.74) is 2.44. The van der Waals surface area contributed by atoms with E-state index in [0.717, 1.165) is 16.9 Å². The Kier molecular flexibility index (Phi) is 4.35. The standard InChI is InChI=1S/C16H16FNO2/c1-11-9-12(3-8-15(11)20-2)10-18-16(19)13-4-6-14(17)7-5-13/h3-9H,10H2,1-2H3,(H,18,19). The van der Waals surface area contributed by atoms with Crippen LogP contribution in [0.5, 0.6) is 5.75 Å². The van der Waals surface area contributed by atoms with Gasteiger partial charge >= 0.3 is 0 Å². The first kappa shape index (κ1) is 14.1. The smallest absolute Gasteiger partial charge is 0.251 e. The summed E-state index contributed by atoms with van der Waals surface area (Å²) in [6.07, 6.45) is 0. The Labute approximate surface area is 117 Å². The van der Waals surface area contributed by atoms with Crippen molar-refractivity contribution in [1.29, 1.82) is 0 Å². The first-order valence-electron chi connectivity index (χ1n) is 6.27. The zero-order chi connectivity index (χ0) is 14.5. The van der Waals surface area contributed by atoms with E-state index in [4.69, 9.17) is 4.74 Å². The molecule has 1 amide bonds. The molecule has 0 radical (unpaired) electrons. The van der Waals surface area contributed by atoms with Crippen molar-refractivity contribution in [1.82, 2.24) is 5.32 Å². The van der Waals surface area contributed by atoms with Gasteiger partial charge in [-0.25, -0.2) is 4.39 Å². The zero-order valence-electron chi connectivity index (χ0n) is 11.4. The molecule has 0 unspecified atom stereocenters. The lowest BCUT2D eigenvalue weighted by atomic mass is 10.1. The van der Waals surface area contributed by atoms with E-state index in [1.807, 2.05) is 25.1 Å². The number of aryl methyl sites for hydroxylation is 1. The lowest BCUT2D eigenvalue weighted by Gasteiger charge is -2.09. The van der Waals surface area contributed by atoms with Crippen LogP contribution in [-0.4, -0.2) is 13.0 Å². The van der Waals surface area contributed by atoms with Crippen molar-refractivity contribution in [3.63, 3.8) is 0 Å². The number of amides is 1. The van der Waals surface area contributed by atoms with Crippen molar-refractivity contribution in [2.45, 2.75) is 13.5 Å². The lowest BCUT2D eigenvalue weighted by Crippen LogP contribution is -2.22. The molecule has 2 aromatic carbocycles. The topological polar surface area (TPSA) is 38.3 Å². The van der Waals surface area contributed by atoms with Crippen molar-refractivity contribution in [3.8, 4) is 5.75 Å². The summed E-state index contributed by atoms with van der Waals surface area (Å²) >= 11 is 0. The molecule has 0 fully saturated rings. The summed E-state index contributed by atoms with van der Waals surface area (Å²) in [5.74, 6) is 0.240. The van der Waals surface area contributed by atoms with Gasteiger partial charge in [-0.2, -0.15) is 0 Å². The molecule has 1 N–H and O–H groups in total. The fourth-order valence-electron chi connectivity index (χ4n) is 1.94. The van der Waals surface area contributed by atoms with Crippen LogP contribution in [0.3, 0.4) is 0 Å². The van der Waals surface area contributed by atoms with Gasteiger partial charge in [0.2, 0.25) is 0 Å². The maximum absolute atomic E-state index is 12.8. The zero-order valence-corrected chi connectivity index (χ0v) is 11.4. The van der Waals surface area contributed by atoms with Gasteiger partial charge in [0.25, 0.3) is 5.91 Å². The van der Waals surface area contributed by atoms with Gasteiger partial charge in [-0.05, 0) is 48.4 Å². The molecule has 2 rings (SSSR count). The molecule has 20 heavy (non-hydrogen) atoms. The monoisotopic (exact) mass is 273 g/mol. The second-order valence-corrected chi connectivity index (χ2v) is 4.49. The van der Waals surface area contributed by atoms with Gasteiger partial charge in [0.15, 0.2) is 0 Å². The molecular weight excluding hydrogens is 257 g/mol. The molecule has 4 heteroatoms. The first-order chi connectivity index (χ1) is 9.60. The molecule has 2 aromatic rings. The van der Waals surface area contributed by atoms with Crippen molar-refractivity contribution >= 4 is 5.91 Å². The number of carbonyl (C=O) groups excluding carboxylic acids is 1. The van der Waals surface area contributed by atoms with Crippen LogP contribution in [0.25, 0.3) is 0 Å². The highest BCUT2D eigenvalue weighted by molar-refractivity contribution is 5.94. The molecule has 0 heterocycles. The number of benzene rings is 2. The molecule has 0 aliphatic carbocycles. The van der Waals surface area contributed by atoms with E-state index < -0.39 is 0 Å². The van der Waals surface area contributed by atoms with E-state index in [1.165, 1.54) is 24.3 Å². The van der Waals surface area contributed by atoms with Crippen molar-refractivity contribution < 1.29 is 13.9 Å². The van der Waals surface area contributed by atoms with Crippen LogP contribution in [-0.2, 0) is 6.54 Å². The Morgan fingerprint density at radius 1 is 1.20 bits per heavy atom. The number of nitrogens with one attached hydrogen (secondary N) is 1. The maximum Gasteiger partial charge on any atom is 0.251 e. The van der Waals surface area contributed by atoms with E-state index in [9.17, 15) is 9.18 Å². The largest absolute Gasteiger partial charge is 0.496 e. The number of methoxy groups -OCH3 is 1. The van der Waals surface area contributed by atoms with Crippen LogP contribution < -0.4 is 10.1 Å². The van der Waals surface area contributed by atoms with E-state index in [2.05, 4.69) is 5.32 Å². The van der Waals surface area contributed by atoms with Crippen molar-refractivity contribution in [2.75, 3.05) is 7.11 Å². The number of rotatable bonds is 4. The third-order valence-electron chi connectivity index (χ3n) is 3.02. The normalized spacial score (nSPS) is 10.2. The van der Waals surface area contributed by atoms with Gasteiger partial charge in [0.1, 0.15) is 11.6 Å². The number of hydrogen-bond acceptors (Lipinski definition) is 2. The minimum Gasteiger partial charge on any atom is -0.496 e. The predicted molar refractivity (Wildman–Crippen MR) is 75.3 cm³/mol. The molecule has 0 aliphatic rings. The molecule has 0 aromatic heterocycles. The fraction of sp³-hybridized carbons (Fsp3) is 0.188. The van der Waals surface area contributed by atoms with Crippen LogP contribution >= 0.6 is 0 Å². The minimum atomic E-state index is -0.354. The molecule has 104 valence electrons. The molecule has 3 nitrogen and oxygen atoms in total. The highest BCUT2D eigenvalue weighted by atomic mass is 19.1. The van der Waals surface area contributed by atoms with Crippen LogP contribution in [0.15, 0.2) is 42.5 Å². The molecule has 0 saturated heterocycles. The summed E-state index contributed by atoms with van der Waals surface area (Å²) in [7, 11) is 1.62. The summed E-state index contributed by atoms with van der Waals surface area (Å²) < 4.78 is 18.0. The fourth-order valence-corrected chi connectivity index (χ4v) is 1.94. The third kappa shape index (κ3) is 3.35. The summed E-state index contributed by atoms with van der Waals surface area (Å²) in [6.45, 7) is 2.37. The second-order valence-electron chi connectivity index (χ2n) is 4.49. The first-order valence-corrected chi connectivity index (χ1v) is 6.27. The minimum absolute atomic E-state index is 0.224. The summed E-state index contributed by atoms with van der Waals surface area (Å²) in [5, 5.41) is 2.80. The molecule has 0 spiro atoms. The van der Waals surface area contributed by atoms with E-state index in [1.54, 1.807) is 7.11 Å². The Balaban J connectivity index is 1.99. The number of carbonyl (C=O) groups is 1. The Hall–Kier alpha value is -2.36. The molecule has 0 aliphatic heterocycles. The number of halogens is 1. The maximum atomic E-state index is 12.8. The van der Waals surface area contributed by atoms with Crippen LogP contribution in [0, 0.1) is 12.7 Å².